The monoisotopic (exact) mass is 605 g/mol. The van der Waals surface area contributed by atoms with E-state index in [0.717, 1.165) is 34.4 Å². The molecule has 7 heteroatoms. The van der Waals surface area contributed by atoms with Crippen molar-refractivity contribution in [1.29, 1.82) is 0 Å². The Hall–Kier alpha value is -2.74. The fourth-order valence-corrected chi connectivity index (χ4v) is 7.04. The number of carboxylic acids is 1. The Morgan fingerprint density at radius 2 is 1.71 bits per heavy atom. The molecule has 0 bridgehead atoms. The third kappa shape index (κ3) is 9.65. The second-order valence-corrected chi connectivity index (χ2v) is 13.2. The number of carbonyl (C=O) groups excluding carboxylic acids is 1. The van der Waals surface area contributed by atoms with Gasteiger partial charge in [-0.3, -0.25) is 4.79 Å². The van der Waals surface area contributed by atoms with E-state index in [1.165, 1.54) is 37.0 Å². The highest BCUT2D eigenvalue weighted by Crippen LogP contribution is 2.32. The Labute approximate surface area is 259 Å². The van der Waals surface area contributed by atoms with Crippen LogP contribution in [0.3, 0.4) is 0 Å². The van der Waals surface area contributed by atoms with Gasteiger partial charge < -0.3 is 15.2 Å². The van der Waals surface area contributed by atoms with Crippen molar-refractivity contribution in [3.63, 3.8) is 0 Å². The Morgan fingerprint density at radius 3 is 2.43 bits per heavy atom. The lowest BCUT2D eigenvalue weighted by Crippen LogP contribution is -2.41. The predicted molar refractivity (Wildman–Crippen MR) is 175 cm³/mol. The highest BCUT2D eigenvalue weighted by Gasteiger charge is 2.24. The summed E-state index contributed by atoms with van der Waals surface area (Å²) in [6, 6.07) is 23.3. The number of ether oxygens (including phenoxy) is 1. The van der Waals surface area contributed by atoms with Crippen molar-refractivity contribution in [2.24, 2.45) is 5.92 Å². The van der Waals surface area contributed by atoms with Gasteiger partial charge in [0.05, 0.1) is 12.7 Å². The molecule has 1 amide bonds. The molecule has 224 valence electrons. The lowest BCUT2D eigenvalue weighted by Gasteiger charge is -2.27. The molecular formula is C35H43NO4S2. The van der Waals surface area contributed by atoms with Crippen molar-refractivity contribution in [3.05, 3.63) is 89.5 Å². The normalized spacial score (nSPS) is 15.2. The van der Waals surface area contributed by atoms with Gasteiger partial charge in [-0.1, -0.05) is 80.6 Å². The summed E-state index contributed by atoms with van der Waals surface area (Å²) in [7, 11) is 0. The molecule has 0 unspecified atom stereocenters. The Morgan fingerprint density at radius 1 is 0.976 bits per heavy atom. The first-order valence-electron chi connectivity index (χ1n) is 15.0. The minimum atomic E-state index is -1.02. The van der Waals surface area contributed by atoms with Gasteiger partial charge in [0.1, 0.15) is 6.04 Å². The van der Waals surface area contributed by atoms with E-state index in [2.05, 4.69) is 29.6 Å². The van der Waals surface area contributed by atoms with Crippen molar-refractivity contribution >= 4 is 35.4 Å². The maximum atomic E-state index is 13.4. The summed E-state index contributed by atoms with van der Waals surface area (Å²) in [4.78, 5) is 26.5. The highest BCUT2D eigenvalue weighted by atomic mass is 32.2. The van der Waals surface area contributed by atoms with Gasteiger partial charge in [-0.15, -0.1) is 11.8 Å². The molecule has 2 atom stereocenters. The van der Waals surface area contributed by atoms with E-state index in [1.807, 2.05) is 73.5 Å². The molecule has 1 aliphatic carbocycles. The third-order valence-electron chi connectivity index (χ3n) is 7.96. The minimum Gasteiger partial charge on any atom is -0.480 e. The third-order valence-corrected chi connectivity index (χ3v) is 9.75. The number of rotatable bonds is 15. The molecule has 1 fully saturated rings. The first-order valence-corrected chi connectivity index (χ1v) is 17.3. The lowest BCUT2D eigenvalue weighted by molar-refractivity contribution is -0.139. The zero-order valence-corrected chi connectivity index (χ0v) is 26.4. The van der Waals surface area contributed by atoms with Crippen LogP contribution in [0.5, 0.6) is 0 Å². The Kier molecular flexibility index (Phi) is 12.9. The standard InChI is InChI=1S/C35H43NO4S2/c1-25-11-9-10-16-30(25)32-22-27(17-18-31(32)34(37)36-33(35(38)39)19-20-41-2)23-40-28(21-26-12-5-3-6-13-26)24-42-29-14-7-4-8-15-29/h4,7-11,14-18,22,26,28,33H,3,5-6,12-13,19-21,23-24H2,1-2H3,(H,36,37)(H,38,39)/t28-,33-/m0/s1. The van der Waals surface area contributed by atoms with E-state index in [1.54, 1.807) is 11.8 Å². The smallest absolute Gasteiger partial charge is 0.326 e. The van der Waals surface area contributed by atoms with Crippen LogP contribution in [0.15, 0.2) is 77.7 Å². The van der Waals surface area contributed by atoms with Gasteiger partial charge in [-0.05, 0) is 84.2 Å². The molecule has 2 N–H and O–H groups in total. The molecule has 3 aromatic rings. The summed E-state index contributed by atoms with van der Waals surface area (Å²) in [5, 5.41) is 12.4. The summed E-state index contributed by atoms with van der Waals surface area (Å²) in [5.74, 6) is 0.879. The highest BCUT2D eigenvalue weighted by molar-refractivity contribution is 7.99. The molecule has 1 aliphatic rings. The number of aliphatic carboxylic acids is 1. The summed E-state index contributed by atoms with van der Waals surface area (Å²) < 4.78 is 6.61. The van der Waals surface area contributed by atoms with Gasteiger partial charge in [0.15, 0.2) is 0 Å². The summed E-state index contributed by atoms with van der Waals surface area (Å²) in [6.45, 7) is 2.48. The van der Waals surface area contributed by atoms with Crippen LogP contribution in [0.1, 0.15) is 66.4 Å². The molecular weight excluding hydrogens is 563 g/mol. The molecule has 0 radical (unpaired) electrons. The first kappa shape index (κ1) is 32.2. The molecule has 0 aromatic heterocycles. The summed E-state index contributed by atoms with van der Waals surface area (Å²) in [6.07, 6.45) is 10.0. The largest absolute Gasteiger partial charge is 0.480 e. The summed E-state index contributed by atoms with van der Waals surface area (Å²) in [5.41, 5.74) is 4.28. The number of amides is 1. The van der Waals surface area contributed by atoms with Crippen LogP contribution in [0.25, 0.3) is 11.1 Å². The zero-order valence-electron chi connectivity index (χ0n) is 24.7. The molecule has 0 aliphatic heterocycles. The van der Waals surface area contributed by atoms with Crippen molar-refractivity contribution < 1.29 is 19.4 Å². The van der Waals surface area contributed by atoms with Crippen LogP contribution in [0.2, 0.25) is 0 Å². The fourth-order valence-electron chi connectivity index (χ4n) is 5.60. The minimum absolute atomic E-state index is 0.135. The van der Waals surface area contributed by atoms with Crippen molar-refractivity contribution in [2.75, 3.05) is 17.8 Å². The van der Waals surface area contributed by atoms with E-state index < -0.39 is 12.0 Å². The van der Waals surface area contributed by atoms with Crippen LogP contribution in [0.4, 0.5) is 0 Å². The van der Waals surface area contributed by atoms with Gasteiger partial charge in [0.2, 0.25) is 0 Å². The molecule has 0 heterocycles. The van der Waals surface area contributed by atoms with Crippen LogP contribution in [0, 0.1) is 12.8 Å². The maximum absolute atomic E-state index is 13.4. The van der Waals surface area contributed by atoms with Crippen molar-refractivity contribution in [2.45, 2.75) is 75.5 Å². The quantitative estimate of drug-likeness (QED) is 0.170. The maximum Gasteiger partial charge on any atom is 0.326 e. The predicted octanol–water partition coefficient (Wildman–Crippen LogP) is 8.25. The van der Waals surface area contributed by atoms with Crippen molar-refractivity contribution in [1.82, 2.24) is 5.32 Å². The molecule has 1 saturated carbocycles. The van der Waals surface area contributed by atoms with E-state index in [4.69, 9.17) is 4.74 Å². The van der Waals surface area contributed by atoms with Gasteiger partial charge in [0.25, 0.3) is 5.91 Å². The molecule has 4 rings (SSSR count). The Balaban J connectivity index is 1.54. The second-order valence-electron chi connectivity index (χ2n) is 11.1. The summed E-state index contributed by atoms with van der Waals surface area (Å²) >= 11 is 3.41. The second kappa shape index (κ2) is 16.8. The van der Waals surface area contributed by atoms with Crippen LogP contribution in [-0.4, -0.2) is 46.9 Å². The van der Waals surface area contributed by atoms with Crippen LogP contribution < -0.4 is 5.32 Å². The topological polar surface area (TPSA) is 75.6 Å². The van der Waals surface area contributed by atoms with E-state index in [0.29, 0.717) is 30.3 Å². The van der Waals surface area contributed by atoms with E-state index in [9.17, 15) is 14.7 Å². The number of hydrogen-bond acceptors (Lipinski definition) is 5. The van der Waals surface area contributed by atoms with Gasteiger partial charge in [-0.2, -0.15) is 11.8 Å². The van der Waals surface area contributed by atoms with E-state index >= 15 is 0 Å². The van der Waals surface area contributed by atoms with Crippen molar-refractivity contribution in [3.8, 4) is 11.1 Å². The molecule has 42 heavy (non-hydrogen) atoms. The molecule has 0 spiro atoms. The molecule has 0 saturated heterocycles. The Bertz CT molecular complexity index is 1290. The van der Waals surface area contributed by atoms with E-state index in [-0.39, 0.29) is 12.0 Å². The van der Waals surface area contributed by atoms with Gasteiger partial charge in [-0.25, -0.2) is 4.79 Å². The number of thioether (sulfide) groups is 2. The zero-order chi connectivity index (χ0) is 29.7. The average molecular weight is 606 g/mol. The number of carbonyl (C=O) groups is 2. The molecule has 3 aromatic carbocycles. The van der Waals surface area contributed by atoms with Crippen LogP contribution in [-0.2, 0) is 16.1 Å². The first-order chi connectivity index (χ1) is 20.4. The number of carboxylic acid groups (broad SMARTS) is 1. The number of benzene rings is 3. The molecule has 5 nitrogen and oxygen atoms in total. The lowest BCUT2D eigenvalue weighted by atomic mass is 9.85. The fraction of sp³-hybridized carbons (Fsp3) is 0.429. The van der Waals surface area contributed by atoms with Crippen LogP contribution >= 0.6 is 23.5 Å². The average Bonchev–Trinajstić information content (AvgIpc) is 3.01. The number of hydrogen-bond donors (Lipinski definition) is 2. The van der Waals surface area contributed by atoms with Gasteiger partial charge >= 0.3 is 5.97 Å². The number of aryl methyl sites for hydroxylation is 1. The number of nitrogens with one attached hydrogen (secondary N) is 1. The SMILES string of the molecule is CSCC[C@H](NC(=O)c1ccc(CO[C@H](CSc2ccccc2)CC2CCCCC2)cc1-c1ccccc1C)C(=O)O. The van der Waals surface area contributed by atoms with Gasteiger partial charge in [0, 0.05) is 16.2 Å².